The quantitative estimate of drug-likeness (QED) is 0.565. The molecular weight excluding hydrogens is 191 g/mol. The van der Waals surface area contributed by atoms with Gasteiger partial charge in [-0.2, -0.15) is 0 Å². The van der Waals surface area contributed by atoms with Gasteiger partial charge in [-0.3, -0.25) is 0 Å². The second-order valence-corrected chi connectivity index (χ2v) is 0. The standard InChI is InChI=1S/10CH4.2ClH/h10*1H4;2*1H/p-2. The highest BCUT2D eigenvalue weighted by molar-refractivity contribution is 2.51. The second kappa shape index (κ2) is 3850. The number of rotatable bonds is 0. The Morgan fingerprint density at radius 1 is 0.167 bits per heavy atom. The molecule has 0 aliphatic carbocycles. The average Bonchev–Trinajstić information content (AvgIpc) is 0. The lowest BCUT2D eigenvalue weighted by atomic mass is 12.0. The van der Waals surface area contributed by atoms with Crippen LogP contribution in [0.15, 0.2) is 0 Å². The van der Waals surface area contributed by atoms with Gasteiger partial charge >= 0.3 is 0 Å². The van der Waals surface area contributed by atoms with E-state index in [1.54, 1.807) is 0 Å². The summed E-state index contributed by atoms with van der Waals surface area (Å²) in [5.41, 5.74) is 0. The topological polar surface area (TPSA) is 0 Å². The van der Waals surface area contributed by atoms with E-state index in [2.05, 4.69) is 0 Å². The second-order valence-electron chi connectivity index (χ2n) is 0. The molecule has 0 aromatic carbocycles. The van der Waals surface area contributed by atoms with E-state index in [0.29, 0.717) is 0 Å². The highest BCUT2D eigenvalue weighted by atomic mass is 35.5. The molecule has 0 aliphatic heterocycles. The first-order valence-corrected chi connectivity index (χ1v) is 0. The van der Waals surface area contributed by atoms with Gasteiger partial charge in [0.05, 0.1) is 0 Å². The van der Waals surface area contributed by atoms with Crippen LogP contribution in [0.4, 0.5) is 0 Å². The Kier molecular flexibility index (Phi) is 1610000. The highest BCUT2D eigenvalue weighted by Crippen LogP contribution is 0.153. The summed E-state index contributed by atoms with van der Waals surface area (Å²) in [4.78, 5) is 0. The lowest BCUT2D eigenvalue weighted by molar-refractivity contribution is -0.001000. The molecule has 2 heteroatoms. The lowest BCUT2D eigenvalue weighted by Crippen LogP contribution is -3.00. The van der Waals surface area contributed by atoms with Crippen molar-refractivity contribution in [2.24, 2.45) is 0 Å². The van der Waals surface area contributed by atoms with Gasteiger partial charge in [0.15, 0.2) is 0 Å². The Morgan fingerprint density at radius 2 is 0.167 bits per heavy atom. The van der Waals surface area contributed by atoms with Crippen LogP contribution < -0.4 is 24.8 Å². The maximum absolute atomic E-state index is 0. The molecule has 0 amide bonds. The van der Waals surface area contributed by atoms with E-state index < -0.39 is 0 Å². The fourth-order valence-corrected chi connectivity index (χ4v) is 0. The molecule has 0 atom stereocenters. The molecule has 0 N–H and O–H groups in total. The molecule has 0 nitrogen and oxygen atoms in total. The Labute approximate surface area is 99.4 Å². The van der Waals surface area contributed by atoms with Crippen LogP contribution in [0.5, 0.6) is 0 Å². The van der Waals surface area contributed by atoms with Gasteiger partial charge < -0.3 is 24.8 Å². The average molecular weight is 231 g/mol. The van der Waals surface area contributed by atoms with E-state index in [-0.39, 0.29) is 99.1 Å². The summed E-state index contributed by atoms with van der Waals surface area (Å²) < 4.78 is 0. The first-order valence-electron chi connectivity index (χ1n) is 0. The van der Waals surface area contributed by atoms with Gasteiger partial charge in [0, 0.05) is 0 Å². The molecule has 0 aromatic rings. The van der Waals surface area contributed by atoms with Crippen molar-refractivity contribution in [3.05, 3.63) is 0 Å². The zero-order chi connectivity index (χ0) is 0. The third-order valence-corrected chi connectivity index (χ3v) is 0. The van der Waals surface area contributed by atoms with Crippen molar-refractivity contribution in [2.45, 2.75) is 74.3 Å². The summed E-state index contributed by atoms with van der Waals surface area (Å²) in [6.45, 7) is 0. The first kappa shape index (κ1) is 5010. The van der Waals surface area contributed by atoms with Crippen molar-refractivity contribution in [1.82, 2.24) is 0 Å². The van der Waals surface area contributed by atoms with Crippen LogP contribution in [-0.2, 0) is 0 Å². The minimum absolute atomic E-state index is 0. The summed E-state index contributed by atoms with van der Waals surface area (Å²) in [7, 11) is 0. The maximum Gasteiger partial charge on any atom is -0.0776 e. The van der Waals surface area contributed by atoms with Crippen LogP contribution in [0.3, 0.4) is 0 Å². The van der Waals surface area contributed by atoms with E-state index in [1.165, 1.54) is 0 Å². The van der Waals surface area contributed by atoms with Crippen molar-refractivity contribution < 1.29 is 24.8 Å². The summed E-state index contributed by atoms with van der Waals surface area (Å²) >= 11 is 0. The lowest BCUT2D eigenvalue weighted by Gasteiger charge is -1.00. The smallest absolute Gasteiger partial charge is 0.0776 e. The molecule has 0 saturated heterocycles. The van der Waals surface area contributed by atoms with Gasteiger partial charge in [0.1, 0.15) is 0 Å². The van der Waals surface area contributed by atoms with Crippen LogP contribution in [0.1, 0.15) is 74.3 Å². The van der Waals surface area contributed by atoms with Crippen LogP contribution in [0, 0.1) is 0 Å². The molecule has 0 rings (SSSR count). The van der Waals surface area contributed by atoms with Crippen LogP contribution in [0.25, 0.3) is 0 Å². The Morgan fingerprint density at radius 3 is 0.167 bits per heavy atom. The third kappa shape index (κ3) is 2890. The fraction of sp³-hybridized carbons (Fsp3) is 1.00. The molecule has 0 bridgehead atoms. The molecule has 96 valence electrons. The number of hydrogen-bond acceptors (Lipinski definition) is 0. The molecule has 0 saturated carbocycles. The van der Waals surface area contributed by atoms with E-state index in [4.69, 9.17) is 0 Å². The minimum Gasteiger partial charge on any atom is -1.00 e. The van der Waals surface area contributed by atoms with Gasteiger partial charge in [-0.1, -0.05) is 74.3 Å². The van der Waals surface area contributed by atoms with E-state index >= 15 is 0 Å². The molecule has 0 unspecified atom stereocenters. The van der Waals surface area contributed by atoms with Crippen molar-refractivity contribution in [3.63, 3.8) is 0 Å². The van der Waals surface area contributed by atoms with Gasteiger partial charge in [0.25, 0.3) is 0 Å². The Hall–Kier alpha value is 0.580. The first-order chi connectivity index (χ1) is 0. The van der Waals surface area contributed by atoms with Crippen LogP contribution in [-0.4, -0.2) is 0 Å². The Bertz CT molecular complexity index is 7.80. The van der Waals surface area contributed by atoms with E-state index in [1.807, 2.05) is 0 Å². The monoisotopic (exact) mass is 230 g/mol. The van der Waals surface area contributed by atoms with Crippen molar-refractivity contribution >= 4 is 0 Å². The predicted molar refractivity (Wildman–Crippen MR) is 67.3 cm³/mol. The molecule has 0 aromatic heterocycles. The summed E-state index contributed by atoms with van der Waals surface area (Å²) in [5, 5.41) is 0. The molecule has 0 radical (unpaired) electrons. The van der Waals surface area contributed by atoms with Crippen molar-refractivity contribution in [3.8, 4) is 0 Å². The Balaban J connectivity index is 0. The number of hydrogen-bond donors (Lipinski definition) is 0. The summed E-state index contributed by atoms with van der Waals surface area (Å²) in [6, 6.07) is 0. The molecule has 0 aliphatic rings. The normalized spacial score (nSPS) is 0. The van der Waals surface area contributed by atoms with Crippen molar-refractivity contribution in [1.29, 1.82) is 0 Å². The molecular formula is C10H40Cl2-2. The van der Waals surface area contributed by atoms with E-state index in [0.717, 1.165) is 0 Å². The van der Waals surface area contributed by atoms with Crippen LogP contribution >= 0.6 is 0 Å². The molecule has 0 heterocycles. The summed E-state index contributed by atoms with van der Waals surface area (Å²) in [5.74, 6) is 0. The number of halogens is 2. The fourth-order valence-electron chi connectivity index (χ4n) is 0. The maximum atomic E-state index is 0. The van der Waals surface area contributed by atoms with Gasteiger partial charge in [-0.05, 0) is 0 Å². The van der Waals surface area contributed by atoms with E-state index in [9.17, 15) is 0 Å². The molecule has 12 heavy (non-hydrogen) atoms. The van der Waals surface area contributed by atoms with Crippen LogP contribution in [0.2, 0.25) is 0 Å². The predicted octanol–water partition coefficient (Wildman–Crippen LogP) is 0.369. The molecule has 0 fully saturated rings. The van der Waals surface area contributed by atoms with Gasteiger partial charge in [0.2, 0.25) is 0 Å². The highest BCUT2D eigenvalue weighted by Gasteiger charge is -0.0685. The SMILES string of the molecule is C.C.C.C.C.C.C.C.C.C.[Cl-].[Cl-]. The largest absolute Gasteiger partial charge is 1.00 e. The minimum atomic E-state index is 0. The third-order valence-electron chi connectivity index (χ3n) is 0. The van der Waals surface area contributed by atoms with Gasteiger partial charge in [-0.15, -0.1) is 0 Å². The van der Waals surface area contributed by atoms with Gasteiger partial charge in [-0.25, -0.2) is 0 Å². The molecule has 0 spiro atoms. The van der Waals surface area contributed by atoms with Crippen molar-refractivity contribution in [2.75, 3.05) is 0 Å². The summed E-state index contributed by atoms with van der Waals surface area (Å²) in [6.07, 6.45) is 0. The zero-order valence-corrected chi connectivity index (χ0v) is 2.27. The zero-order valence-electron chi connectivity index (χ0n) is 0.756.